The van der Waals surface area contributed by atoms with Gasteiger partial charge in [-0.2, -0.15) is 0 Å². The molecule has 2 atom stereocenters. The number of hydrogen-bond acceptors (Lipinski definition) is 2. The van der Waals surface area contributed by atoms with Crippen LogP contribution in [0.4, 0.5) is 0 Å². The van der Waals surface area contributed by atoms with Crippen LogP contribution in [-0.4, -0.2) is 24.0 Å². The molecule has 0 amide bonds. The van der Waals surface area contributed by atoms with Crippen molar-refractivity contribution in [1.82, 2.24) is 4.90 Å². The highest BCUT2D eigenvalue weighted by Crippen LogP contribution is 2.29. The largest absolute Gasteiger partial charge is 0.327 e. The monoisotopic (exact) mass is 328 g/mol. The maximum absolute atomic E-state index is 6.34. The van der Waals surface area contributed by atoms with Crippen LogP contribution in [0.3, 0.4) is 0 Å². The molecule has 0 saturated carbocycles. The summed E-state index contributed by atoms with van der Waals surface area (Å²) in [6.45, 7) is 7.20. The van der Waals surface area contributed by atoms with Crippen molar-refractivity contribution in [3.05, 3.63) is 69.7 Å². The minimum absolute atomic E-state index is 0.220. The third-order valence-corrected chi connectivity index (χ3v) is 5.28. The first kappa shape index (κ1) is 16.5. The molecule has 2 aromatic rings. The van der Waals surface area contributed by atoms with Crippen molar-refractivity contribution < 1.29 is 0 Å². The molecule has 2 aromatic carbocycles. The maximum Gasteiger partial charge on any atom is 0.0451 e. The first-order valence-corrected chi connectivity index (χ1v) is 8.69. The van der Waals surface area contributed by atoms with Gasteiger partial charge in [0.05, 0.1) is 0 Å². The molecule has 2 unspecified atom stereocenters. The Morgan fingerprint density at radius 3 is 2.61 bits per heavy atom. The number of benzene rings is 2. The molecule has 0 spiro atoms. The van der Waals surface area contributed by atoms with E-state index >= 15 is 0 Å². The zero-order chi connectivity index (χ0) is 16.4. The second kappa shape index (κ2) is 7.04. The minimum Gasteiger partial charge on any atom is -0.327 e. The number of aryl methyl sites for hydroxylation is 2. The van der Waals surface area contributed by atoms with Crippen molar-refractivity contribution in [3.8, 4) is 0 Å². The van der Waals surface area contributed by atoms with Gasteiger partial charge in [-0.05, 0) is 54.5 Å². The number of nitrogens with zero attached hydrogens (tertiary/aromatic N) is 1. The molecular weight excluding hydrogens is 304 g/mol. The van der Waals surface area contributed by atoms with Crippen molar-refractivity contribution in [2.24, 2.45) is 5.73 Å². The fourth-order valence-electron chi connectivity index (χ4n) is 3.49. The van der Waals surface area contributed by atoms with Crippen LogP contribution < -0.4 is 5.73 Å². The molecule has 1 saturated heterocycles. The van der Waals surface area contributed by atoms with Gasteiger partial charge in [0, 0.05) is 30.7 Å². The second-order valence-corrected chi connectivity index (χ2v) is 7.23. The summed E-state index contributed by atoms with van der Waals surface area (Å²) in [6.07, 6.45) is 1.06. The van der Waals surface area contributed by atoms with E-state index in [-0.39, 0.29) is 6.04 Å². The molecule has 0 radical (unpaired) electrons. The molecule has 0 aromatic heterocycles. The second-order valence-electron chi connectivity index (χ2n) is 6.82. The minimum atomic E-state index is 0.220. The Bertz CT molecular complexity index is 683. The van der Waals surface area contributed by atoms with Crippen molar-refractivity contribution in [3.63, 3.8) is 0 Å². The molecule has 1 aliphatic rings. The Kier molecular flexibility index (Phi) is 5.05. The number of likely N-dealkylation sites (tertiary alicyclic amines) is 1. The standard InChI is InChI=1S/C20H25ClN2/c1-14-7-8-16(9-15(14)2)18-10-19(22)13-23(12-18)11-17-5-3-4-6-20(17)21/h3-9,18-19H,10-13,22H2,1-2H3. The van der Waals surface area contributed by atoms with Crippen LogP contribution in [-0.2, 0) is 6.54 Å². The van der Waals surface area contributed by atoms with Gasteiger partial charge in [0.2, 0.25) is 0 Å². The van der Waals surface area contributed by atoms with Crippen molar-refractivity contribution in [1.29, 1.82) is 0 Å². The van der Waals surface area contributed by atoms with Crippen LogP contribution >= 0.6 is 11.6 Å². The zero-order valence-corrected chi connectivity index (χ0v) is 14.7. The van der Waals surface area contributed by atoms with E-state index in [2.05, 4.69) is 43.0 Å². The molecular formula is C20H25ClN2. The highest BCUT2D eigenvalue weighted by Gasteiger charge is 2.26. The summed E-state index contributed by atoms with van der Waals surface area (Å²) < 4.78 is 0. The van der Waals surface area contributed by atoms with E-state index in [9.17, 15) is 0 Å². The summed E-state index contributed by atoms with van der Waals surface area (Å²) in [7, 11) is 0. The van der Waals surface area contributed by atoms with Gasteiger partial charge in [-0.25, -0.2) is 0 Å². The Morgan fingerprint density at radius 1 is 1.09 bits per heavy atom. The van der Waals surface area contributed by atoms with Gasteiger partial charge in [0.15, 0.2) is 0 Å². The molecule has 3 heteroatoms. The van der Waals surface area contributed by atoms with Crippen LogP contribution in [0.2, 0.25) is 5.02 Å². The summed E-state index contributed by atoms with van der Waals surface area (Å²) >= 11 is 6.31. The van der Waals surface area contributed by atoms with Gasteiger partial charge in [-0.15, -0.1) is 0 Å². The highest BCUT2D eigenvalue weighted by atomic mass is 35.5. The lowest BCUT2D eigenvalue weighted by molar-refractivity contribution is 0.181. The average Bonchev–Trinajstić information content (AvgIpc) is 2.52. The van der Waals surface area contributed by atoms with Gasteiger partial charge in [-0.3, -0.25) is 4.90 Å². The van der Waals surface area contributed by atoms with Crippen molar-refractivity contribution in [2.45, 2.75) is 38.8 Å². The van der Waals surface area contributed by atoms with Gasteiger partial charge in [-0.1, -0.05) is 48.0 Å². The van der Waals surface area contributed by atoms with E-state index in [1.165, 1.54) is 22.3 Å². The SMILES string of the molecule is Cc1ccc(C2CC(N)CN(Cc3ccccc3Cl)C2)cc1C. The Hall–Kier alpha value is -1.35. The van der Waals surface area contributed by atoms with Crippen LogP contribution in [0.1, 0.15) is 34.6 Å². The van der Waals surface area contributed by atoms with Gasteiger partial charge >= 0.3 is 0 Å². The number of hydrogen-bond donors (Lipinski definition) is 1. The Labute approximate surface area is 144 Å². The maximum atomic E-state index is 6.34. The summed E-state index contributed by atoms with van der Waals surface area (Å²) in [5, 5.41) is 0.842. The fourth-order valence-corrected chi connectivity index (χ4v) is 3.68. The van der Waals surface area contributed by atoms with E-state index < -0.39 is 0 Å². The van der Waals surface area contributed by atoms with Crippen molar-refractivity contribution >= 4 is 11.6 Å². The molecule has 122 valence electrons. The van der Waals surface area contributed by atoms with Crippen LogP contribution in [0.15, 0.2) is 42.5 Å². The number of nitrogens with two attached hydrogens (primary N) is 1. The van der Waals surface area contributed by atoms with E-state index in [1.807, 2.05) is 18.2 Å². The summed E-state index contributed by atoms with van der Waals surface area (Å²) in [5.74, 6) is 0.500. The van der Waals surface area contributed by atoms with Crippen LogP contribution in [0.5, 0.6) is 0 Å². The third-order valence-electron chi connectivity index (χ3n) is 4.91. The normalized spacial score (nSPS) is 22.3. The fraction of sp³-hybridized carbons (Fsp3) is 0.400. The zero-order valence-electron chi connectivity index (χ0n) is 13.9. The quantitative estimate of drug-likeness (QED) is 0.911. The molecule has 1 fully saturated rings. The first-order valence-electron chi connectivity index (χ1n) is 8.31. The van der Waals surface area contributed by atoms with Crippen LogP contribution in [0.25, 0.3) is 0 Å². The molecule has 2 nitrogen and oxygen atoms in total. The van der Waals surface area contributed by atoms with Crippen molar-refractivity contribution in [2.75, 3.05) is 13.1 Å². The lowest BCUT2D eigenvalue weighted by Gasteiger charge is -2.37. The van der Waals surface area contributed by atoms with Gasteiger partial charge in [0.1, 0.15) is 0 Å². The Morgan fingerprint density at radius 2 is 1.87 bits per heavy atom. The third kappa shape index (κ3) is 3.95. The predicted octanol–water partition coefficient (Wildman–Crippen LogP) is 4.27. The summed E-state index contributed by atoms with van der Waals surface area (Å²) in [5.41, 5.74) is 11.6. The van der Waals surface area contributed by atoms with Gasteiger partial charge < -0.3 is 5.73 Å². The lowest BCUT2D eigenvalue weighted by Crippen LogP contribution is -2.45. The molecule has 0 bridgehead atoms. The predicted molar refractivity (Wildman–Crippen MR) is 98.0 cm³/mol. The summed E-state index contributed by atoms with van der Waals surface area (Å²) in [6, 6.07) is 15.1. The van der Waals surface area contributed by atoms with E-state index in [1.54, 1.807) is 0 Å². The molecule has 2 N–H and O–H groups in total. The lowest BCUT2D eigenvalue weighted by atomic mass is 9.87. The molecule has 0 aliphatic carbocycles. The topological polar surface area (TPSA) is 29.3 Å². The van der Waals surface area contributed by atoms with E-state index in [0.29, 0.717) is 5.92 Å². The van der Waals surface area contributed by atoms with Gasteiger partial charge in [0.25, 0.3) is 0 Å². The number of rotatable bonds is 3. The number of piperidine rings is 1. The molecule has 23 heavy (non-hydrogen) atoms. The smallest absolute Gasteiger partial charge is 0.0451 e. The highest BCUT2D eigenvalue weighted by molar-refractivity contribution is 6.31. The van der Waals surface area contributed by atoms with E-state index in [4.69, 9.17) is 17.3 Å². The molecule has 1 aliphatic heterocycles. The van der Waals surface area contributed by atoms with Crippen LogP contribution in [0, 0.1) is 13.8 Å². The van der Waals surface area contributed by atoms with E-state index in [0.717, 1.165) is 31.1 Å². The molecule has 3 rings (SSSR count). The summed E-state index contributed by atoms with van der Waals surface area (Å²) in [4.78, 5) is 2.44. The number of halogens is 1. The molecule has 1 heterocycles. The Balaban J connectivity index is 1.76. The average molecular weight is 329 g/mol. The first-order chi connectivity index (χ1) is 11.0.